The number of rotatable bonds is 6. The number of hydrogen-bond donors (Lipinski definition) is 1. The molecule has 2 unspecified atom stereocenters. The highest BCUT2D eigenvalue weighted by atomic mass is 32.2. The average Bonchev–Trinajstić information content (AvgIpc) is 1.97. The van der Waals surface area contributed by atoms with Crippen LogP contribution >= 0.6 is 0 Å². The molecular formula is C9H19NOS. The van der Waals surface area contributed by atoms with Crippen LogP contribution in [-0.4, -0.2) is 28.8 Å². The minimum atomic E-state index is -0.709. The first-order valence-electron chi connectivity index (χ1n) is 4.21. The Bertz CT molecular complexity index is 168. The Balaban J connectivity index is 3.31. The van der Waals surface area contributed by atoms with Gasteiger partial charge in [-0.05, 0) is 26.8 Å². The zero-order valence-electron chi connectivity index (χ0n) is 8.22. The van der Waals surface area contributed by atoms with Gasteiger partial charge in [-0.1, -0.05) is 5.57 Å². The van der Waals surface area contributed by atoms with E-state index >= 15 is 0 Å². The summed E-state index contributed by atoms with van der Waals surface area (Å²) in [6.07, 6.45) is 2.74. The summed E-state index contributed by atoms with van der Waals surface area (Å²) in [6.45, 7) is 9.58. The molecule has 0 radical (unpaired) electrons. The van der Waals surface area contributed by atoms with Crippen molar-refractivity contribution in [2.24, 2.45) is 0 Å². The van der Waals surface area contributed by atoms with Crippen LogP contribution < -0.4 is 5.32 Å². The second kappa shape index (κ2) is 6.38. The van der Waals surface area contributed by atoms with Crippen LogP contribution in [0.15, 0.2) is 12.2 Å². The molecule has 0 saturated heterocycles. The quantitative estimate of drug-likeness (QED) is 0.504. The number of nitrogens with one attached hydrogen (secondary N) is 1. The molecule has 0 saturated carbocycles. The van der Waals surface area contributed by atoms with Crippen molar-refractivity contribution in [3.8, 4) is 0 Å². The monoisotopic (exact) mass is 189 g/mol. The van der Waals surface area contributed by atoms with Crippen molar-refractivity contribution in [3.63, 3.8) is 0 Å². The van der Waals surface area contributed by atoms with E-state index in [-0.39, 0.29) is 5.25 Å². The lowest BCUT2D eigenvalue weighted by atomic mass is 10.2. The van der Waals surface area contributed by atoms with Gasteiger partial charge in [0.25, 0.3) is 0 Å². The van der Waals surface area contributed by atoms with Crippen LogP contribution in [0.3, 0.4) is 0 Å². The van der Waals surface area contributed by atoms with Crippen molar-refractivity contribution < 1.29 is 4.21 Å². The molecule has 72 valence electrons. The smallest absolute Gasteiger partial charge is 0.0441 e. The third-order valence-electron chi connectivity index (χ3n) is 1.73. The molecule has 0 aliphatic heterocycles. The molecule has 2 atom stereocenters. The molecule has 0 aliphatic rings. The summed E-state index contributed by atoms with van der Waals surface area (Å²) in [6, 6.07) is 0. The molecule has 0 amide bonds. The van der Waals surface area contributed by atoms with Crippen molar-refractivity contribution in [3.05, 3.63) is 12.2 Å². The zero-order chi connectivity index (χ0) is 9.56. The lowest BCUT2D eigenvalue weighted by molar-refractivity contribution is 0.645. The molecule has 0 heterocycles. The van der Waals surface area contributed by atoms with Crippen LogP contribution in [0.2, 0.25) is 0 Å². The van der Waals surface area contributed by atoms with E-state index in [4.69, 9.17) is 0 Å². The molecule has 0 fully saturated rings. The summed E-state index contributed by atoms with van der Waals surface area (Å²) in [5.74, 6) is 0. The molecule has 0 aromatic heterocycles. The lowest BCUT2D eigenvalue weighted by Gasteiger charge is -2.09. The third kappa shape index (κ3) is 6.55. The van der Waals surface area contributed by atoms with Crippen LogP contribution in [-0.2, 0) is 10.8 Å². The van der Waals surface area contributed by atoms with E-state index in [2.05, 4.69) is 11.9 Å². The maximum Gasteiger partial charge on any atom is 0.0441 e. The molecular weight excluding hydrogens is 170 g/mol. The van der Waals surface area contributed by atoms with Gasteiger partial charge in [-0.15, -0.1) is 6.58 Å². The highest BCUT2D eigenvalue weighted by Crippen LogP contribution is 1.93. The fraction of sp³-hybridized carbons (Fsp3) is 0.778. The average molecular weight is 189 g/mol. The fourth-order valence-corrected chi connectivity index (χ4v) is 1.08. The highest BCUT2D eigenvalue weighted by Gasteiger charge is 2.03. The Morgan fingerprint density at radius 2 is 2.25 bits per heavy atom. The van der Waals surface area contributed by atoms with E-state index in [9.17, 15) is 4.21 Å². The van der Waals surface area contributed by atoms with Crippen LogP contribution in [0.25, 0.3) is 0 Å². The normalized spacial score (nSPS) is 15.6. The Labute approximate surface area is 77.9 Å². The zero-order valence-corrected chi connectivity index (χ0v) is 9.04. The van der Waals surface area contributed by atoms with E-state index in [0.29, 0.717) is 0 Å². The van der Waals surface area contributed by atoms with Crippen molar-refractivity contribution in [2.45, 2.75) is 25.5 Å². The Hall–Kier alpha value is -0.150. The summed E-state index contributed by atoms with van der Waals surface area (Å²) in [4.78, 5) is 0. The molecule has 0 aromatic carbocycles. The van der Waals surface area contributed by atoms with Crippen LogP contribution in [0.1, 0.15) is 20.3 Å². The molecule has 3 heteroatoms. The van der Waals surface area contributed by atoms with Crippen molar-refractivity contribution in [1.29, 1.82) is 0 Å². The maximum absolute atomic E-state index is 10.9. The Morgan fingerprint density at radius 1 is 1.67 bits per heavy atom. The van der Waals surface area contributed by atoms with E-state index in [0.717, 1.165) is 19.5 Å². The van der Waals surface area contributed by atoms with E-state index in [1.807, 2.05) is 13.8 Å². The van der Waals surface area contributed by atoms with Crippen LogP contribution in [0.4, 0.5) is 0 Å². The summed E-state index contributed by atoms with van der Waals surface area (Å²) in [5, 5.41) is 3.49. The summed E-state index contributed by atoms with van der Waals surface area (Å²) in [7, 11) is -0.709. The van der Waals surface area contributed by atoms with Gasteiger partial charge in [0, 0.05) is 28.9 Å². The molecule has 0 aromatic rings. The molecule has 0 rings (SSSR count). The minimum absolute atomic E-state index is 0.245. The van der Waals surface area contributed by atoms with Gasteiger partial charge in [0.15, 0.2) is 0 Å². The predicted octanol–water partition coefficient (Wildman–Crippen LogP) is 1.31. The van der Waals surface area contributed by atoms with E-state index < -0.39 is 10.8 Å². The van der Waals surface area contributed by atoms with Gasteiger partial charge in [0.1, 0.15) is 0 Å². The van der Waals surface area contributed by atoms with Gasteiger partial charge in [0.2, 0.25) is 0 Å². The van der Waals surface area contributed by atoms with Gasteiger partial charge in [-0.3, -0.25) is 4.21 Å². The van der Waals surface area contributed by atoms with Crippen molar-refractivity contribution >= 4 is 10.8 Å². The summed E-state index contributed by atoms with van der Waals surface area (Å²) in [5.41, 5.74) is 1.19. The van der Waals surface area contributed by atoms with Gasteiger partial charge < -0.3 is 5.32 Å². The molecule has 2 nitrogen and oxygen atoms in total. The first kappa shape index (κ1) is 11.8. The lowest BCUT2D eigenvalue weighted by Crippen LogP contribution is -2.28. The molecule has 12 heavy (non-hydrogen) atoms. The number of hydrogen-bond acceptors (Lipinski definition) is 2. The van der Waals surface area contributed by atoms with Gasteiger partial charge >= 0.3 is 0 Å². The molecule has 0 spiro atoms. The standard InChI is InChI=1S/C9H19NOS/c1-8(2)5-6-10-7-9(3)12(4)11/h9-10H,1,5-7H2,2-4H3. The summed E-state index contributed by atoms with van der Waals surface area (Å²) >= 11 is 0. The largest absolute Gasteiger partial charge is 0.315 e. The van der Waals surface area contributed by atoms with Crippen molar-refractivity contribution in [2.75, 3.05) is 19.3 Å². The van der Waals surface area contributed by atoms with Gasteiger partial charge in [-0.25, -0.2) is 0 Å². The highest BCUT2D eigenvalue weighted by molar-refractivity contribution is 7.84. The first-order chi connectivity index (χ1) is 5.54. The topological polar surface area (TPSA) is 29.1 Å². The second-order valence-corrected chi connectivity index (χ2v) is 5.02. The van der Waals surface area contributed by atoms with Gasteiger partial charge in [0.05, 0.1) is 0 Å². The Morgan fingerprint density at radius 3 is 2.67 bits per heavy atom. The molecule has 0 aliphatic carbocycles. The summed E-state index contributed by atoms with van der Waals surface area (Å²) < 4.78 is 10.9. The fourth-order valence-electron chi connectivity index (χ4n) is 0.724. The maximum atomic E-state index is 10.9. The van der Waals surface area contributed by atoms with Crippen LogP contribution in [0, 0.1) is 0 Å². The van der Waals surface area contributed by atoms with Gasteiger partial charge in [-0.2, -0.15) is 0 Å². The SMILES string of the molecule is C=C(C)CCNCC(C)S(C)=O. The van der Waals surface area contributed by atoms with Crippen molar-refractivity contribution in [1.82, 2.24) is 5.32 Å². The predicted molar refractivity (Wildman–Crippen MR) is 55.8 cm³/mol. The Kier molecular flexibility index (Phi) is 6.30. The molecule has 1 N–H and O–H groups in total. The van der Waals surface area contributed by atoms with Crippen LogP contribution in [0.5, 0.6) is 0 Å². The first-order valence-corrected chi connectivity index (χ1v) is 5.83. The van der Waals surface area contributed by atoms with E-state index in [1.165, 1.54) is 5.57 Å². The van der Waals surface area contributed by atoms with E-state index in [1.54, 1.807) is 6.26 Å². The third-order valence-corrected chi connectivity index (χ3v) is 3.03. The second-order valence-electron chi connectivity index (χ2n) is 3.22. The molecule has 0 bridgehead atoms. The minimum Gasteiger partial charge on any atom is -0.315 e.